The molecule has 0 aromatic rings. The van der Waals surface area contributed by atoms with Gasteiger partial charge in [-0.05, 0) is 25.7 Å². The third-order valence-electron chi connectivity index (χ3n) is 6.74. The zero-order valence-corrected chi connectivity index (χ0v) is 21.5. The molecule has 0 aliphatic rings. The van der Waals surface area contributed by atoms with Crippen molar-refractivity contribution in [3.05, 3.63) is 0 Å². The summed E-state index contributed by atoms with van der Waals surface area (Å²) in [5.41, 5.74) is 0. The molecule has 0 radical (unpaired) electrons. The van der Waals surface area contributed by atoms with E-state index in [0.29, 0.717) is 12.1 Å². The van der Waals surface area contributed by atoms with Crippen LogP contribution in [0.2, 0.25) is 0 Å². The van der Waals surface area contributed by atoms with E-state index < -0.39 is 0 Å². The molecule has 0 aromatic heterocycles. The topological polar surface area (TPSA) is 52.5 Å². The predicted molar refractivity (Wildman–Crippen MR) is 138 cm³/mol. The maximum absolute atomic E-state index is 9.48. The Bertz CT molecular complexity index is 294. The molecule has 31 heavy (non-hydrogen) atoms. The Morgan fingerprint density at radius 1 is 0.419 bits per heavy atom. The van der Waals surface area contributed by atoms with Gasteiger partial charge >= 0.3 is 0 Å². The number of aliphatic hydroxyl groups is 2. The number of hydrogen-bond donors (Lipinski definition) is 3. The van der Waals surface area contributed by atoms with E-state index in [1.54, 1.807) is 0 Å². The summed E-state index contributed by atoms with van der Waals surface area (Å²) >= 11 is 0. The van der Waals surface area contributed by atoms with Crippen molar-refractivity contribution in [3.8, 4) is 0 Å². The van der Waals surface area contributed by atoms with Crippen LogP contribution in [0, 0.1) is 0 Å². The average Bonchev–Trinajstić information content (AvgIpc) is 2.77. The van der Waals surface area contributed by atoms with E-state index >= 15 is 0 Å². The van der Waals surface area contributed by atoms with Gasteiger partial charge in [-0.15, -0.1) is 0 Å². The van der Waals surface area contributed by atoms with Crippen molar-refractivity contribution >= 4 is 0 Å². The predicted octanol–water partition coefficient (Wildman–Crippen LogP) is 7.92. The van der Waals surface area contributed by atoms with Gasteiger partial charge in [0.25, 0.3) is 0 Å². The largest absolute Gasteiger partial charge is 0.396 e. The van der Waals surface area contributed by atoms with E-state index in [1.165, 1.54) is 116 Å². The molecular weight excluding hydrogens is 382 g/mol. The van der Waals surface area contributed by atoms with Crippen molar-refractivity contribution < 1.29 is 10.2 Å². The van der Waals surface area contributed by atoms with Crippen molar-refractivity contribution in [1.29, 1.82) is 0 Å². The van der Waals surface area contributed by atoms with Gasteiger partial charge in [-0.2, -0.15) is 0 Å². The Morgan fingerprint density at radius 3 is 1.00 bits per heavy atom. The van der Waals surface area contributed by atoms with Crippen LogP contribution in [0.15, 0.2) is 0 Å². The molecular formula is C28H59NO2. The molecule has 3 N–H and O–H groups in total. The van der Waals surface area contributed by atoms with Gasteiger partial charge in [0, 0.05) is 25.3 Å². The van der Waals surface area contributed by atoms with Crippen molar-refractivity contribution in [2.24, 2.45) is 0 Å². The molecule has 2 atom stereocenters. The monoisotopic (exact) mass is 441 g/mol. The van der Waals surface area contributed by atoms with Gasteiger partial charge in [-0.25, -0.2) is 0 Å². The maximum atomic E-state index is 9.48. The normalized spacial score (nSPS) is 13.5. The minimum atomic E-state index is 0.263. The standard InChI is InChI=1S/C28H59NO2/c1-3-5-7-9-11-13-15-17-19-21-27(23-25-30)29-28(24-26-31)22-20-18-16-14-12-10-8-6-4-2/h27-31H,3-26H2,1-2H3. The van der Waals surface area contributed by atoms with Gasteiger partial charge < -0.3 is 15.5 Å². The fourth-order valence-corrected chi connectivity index (χ4v) is 4.67. The molecule has 0 amide bonds. The SMILES string of the molecule is CCCCCCCCCCCC(CCO)NC(CCO)CCCCCCCCCCC. The highest BCUT2D eigenvalue weighted by molar-refractivity contribution is 4.75. The highest BCUT2D eigenvalue weighted by Crippen LogP contribution is 2.16. The fraction of sp³-hybridized carbons (Fsp3) is 1.00. The molecule has 188 valence electrons. The van der Waals surface area contributed by atoms with E-state index in [-0.39, 0.29) is 13.2 Å². The molecule has 3 nitrogen and oxygen atoms in total. The molecule has 0 spiro atoms. The van der Waals surface area contributed by atoms with Crippen molar-refractivity contribution in [1.82, 2.24) is 5.32 Å². The lowest BCUT2D eigenvalue weighted by molar-refractivity contribution is 0.224. The molecule has 0 aliphatic heterocycles. The van der Waals surface area contributed by atoms with E-state index in [0.717, 1.165) is 25.7 Å². The lowest BCUT2D eigenvalue weighted by Crippen LogP contribution is -2.39. The van der Waals surface area contributed by atoms with Crippen LogP contribution < -0.4 is 5.32 Å². The highest BCUT2D eigenvalue weighted by atomic mass is 16.3. The minimum absolute atomic E-state index is 0.263. The van der Waals surface area contributed by atoms with Crippen molar-refractivity contribution in [2.45, 2.75) is 167 Å². The molecule has 0 aliphatic carbocycles. The van der Waals surface area contributed by atoms with Crippen LogP contribution in [-0.4, -0.2) is 35.5 Å². The van der Waals surface area contributed by atoms with Gasteiger partial charge in [-0.1, -0.05) is 129 Å². The Balaban J connectivity index is 3.88. The van der Waals surface area contributed by atoms with Crippen molar-refractivity contribution in [2.75, 3.05) is 13.2 Å². The van der Waals surface area contributed by atoms with Crippen molar-refractivity contribution in [3.63, 3.8) is 0 Å². The van der Waals surface area contributed by atoms with Crippen LogP contribution in [-0.2, 0) is 0 Å². The van der Waals surface area contributed by atoms with Gasteiger partial charge in [0.1, 0.15) is 0 Å². The molecule has 2 unspecified atom stereocenters. The lowest BCUT2D eigenvalue weighted by atomic mass is 9.99. The number of unbranched alkanes of at least 4 members (excludes halogenated alkanes) is 16. The van der Waals surface area contributed by atoms with E-state index in [2.05, 4.69) is 19.2 Å². The summed E-state index contributed by atoms with van der Waals surface area (Å²) in [6.07, 6.45) is 28.5. The summed E-state index contributed by atoms with van der Waals surface area (Å²) in [7, 11) is 0. The Kier molecular flexibility index (Phi) is 26.0. The molecule has 0 heterocycles. The quantitative estimate of drug-likeness (QED) is 0.119. The average molecular weight is 442 g/mol. The van der Waals surface area contributed by atoms with Crippen LogP contribution in [0.25, 0.3) is 0 Å². The Labute approximate surface area is 196 Å². The summed E-state index contributed by atoms with van der Waals surface area (Å²) in [5.74, 6) is 0. The first-order valence-electron chi connectivity index (χ1n) is 14.3. The first-order valence-corrected chi connectivity index (χ1v) is 14.3. The molecule has 0 saturated heterocycles. The Hall–Kier alpha value is -0.120. The van der Waals surface area contributed by atoms with Crippen LogP contribution in [0.5, 0.6) is 0 Å². The number of rotatable bonds is 26. The van der Waals surface area contributed by atoms with E-state index in [4.69, 9.17) is 0 Å². The first-order chi connectivity index (χ1) is 15.3. The zero-order chi connectivity index (χ0) is 22.8. The second-order valence-electron chi connectivity index (χ2n) is 9.82. The van der Waals surface area contributed by atoms with E-state index in [1.807, 2.05) is 0 Å². The Morgan fingerprint density at radius 2 is 0.710 bits per heavy atom. The summed E-state index contributed by atoms with van der Waals surface area (Å²) in [6, 6.07) is 0.814. The summed E-state index contributed by atoms with van der Waals surface area (Å²) < 4.78 is 0. The molecule has 0 fully saturated rings. The van der Waals surface area contributed by atoms with E-state index in [9.17, 15) is 10.2 Å². The molecule has 0 saturated carbocycles. The van der Waals surface area contributed by atoms with Crippen LogP contribution in [0.1, 0.15) is 155 Å². The molecule has 3 heteroatoms. The minimum Gasteiger partial charge on any atom is -0.396 e. The van der Waals surface area contributed by atoms with Gasteiger partial charge in [0.05, 0.1) is 0 Å². The molecule has 0 bridgehead atoms. The molecule has 0 rings (SSSR count). The smallest absolute Gasteiger partial charge is 0.0445 e. The summed E-state index contributed by atoms with van der Waals surface area (Å²) in [4.78, 5) is 0. The van der Waals surface area contributed by atoms with Gasteiger partial charge in [-0.3, -0.25) is 0 Å². The highest BCUT2D eigenvalue weighted by Gasteiger charge is 2.14. The third kappa shape index (κ3) is 22.9. The fourth-order valence-electron chi connectivity index (χ4n) is 4.67. The van der Waals surface area contributed by atoms with Gasteiger partial charge in [0.2, 0.25) is 0 Å². The summed E-state index contributed by atoms with van der Waals surface area (Å²) in [6.45, 7) is 5.08. The summed E-state index contributed by atoms with van der Waals surface area (Å²) in [5, 5.41) is 22.8. The third-order valence-corrected chi connectivity index (χ3v) is 6.74. The second kappa shape index (κ2) is 26.1. The number of aliphatic hydroxyl groups excluding tert-OH is 2. The van der Waals surface area contributed by atoms with Gasteiger partial charge in [0.15, 0.2) is 0 Å². The zero-order valence-electron chi connectivity index (χ0n) is 21.5. The number of nitrogens with one attached hydrogen (secondary N) is 1. The van der Waals surface area contributed by atoms with Crippen LogP contribution >= 0.6 is 0 Å². The molecule has 0 aromatic carbocycles. The maximum Gasteiger partial charge on any atom is 0.0445 e. The van der Waals surface area contributed by atoms with Crippen LogP contribution in [0.4, 0.5) is 0 Å². The second-order valence-corrected chi connectivity index (χ2v) is 9.82. The number of hydrogen-bond acceptors (Lipinski definition) is 3. The van der Waals surface area contributed by atoms with Crippen LogP contribution in [0.3, 0.4) is 0 Å². The first kappa shape index (κ1) is 30.9. The lowest BCUT2D eigenvalue weighted by Gasteiger charge is -2.25.